The minimum absolute atomic E-state index is 0.00274. The lowest BCUT2D eigenvalue weighted by Crippen LogP contribution is -2.19. The van der Waals surface area contributed by atoms with E-state index >= 15 is 0 Å². The van der Waals surface area contributed by atoms with Crippen molar-refractivity contribution in [2.75, 3.05) is 5.32 Å². The third-order valence-electron chi connectivity index (χ3n) is 4.29. The molecule has 0 spiro atoms. The molecule has 150 valence electrons. The normalized spacial score (nSPS) is 13.1. The van der Waals surface area contributed by atoms with Crippen molar-refractivity contribution in [1.82, 2.24) is 4.57 Å². The van der Waals surface area contributed by atoms with Crippen LogP contribution in [0, 0.1) is 5.41 Å². The highest BCUT2D eigenvalue weighted by Crippen LogP contribution is 2.26. The smallest absolute Gasteiger partial charge is 0.224 e. The van der Waals surface area contributed by atoms with E-state index in [1.807, 2.05) is 56.5 Å². The Hall–Kier alpha value is -2.27. The van der Waals surface area contributed by atoms with Crippen LogP contribution in [0.15, 0.2) is 46.2 Å². The van der Waals surface area contributed by atoms with Crippen molar-refractivity contribution in [2.45, 2.75) is 54.5 Å². The molecule has 5 heteroatoms. The van der Waals surface area contributed by atoms with Gasteiger partial charge in [-0.1, -0.05) is 26.8 Å². The molecule has 1 aromatic carbocycles. The van der Waals surface area contributed by atoms with Crippen LogP contribution in [0.4, 0.5) is 5.69 Å². The number of rotatable bonds is 7. The molecule has 0 aliphatic rings. The molecule has 0 unspecified atom stereocenters. The summed E-state index contributed by atoms with van der Waals surface area (Å²) in [5, 5.41) is 6.03. The lowest BCUT2D eigenvalue weighted by molar-refractivity contribution is -0.117. The van der Waals surface area contributed by atoms with E-state index in [-0.39, 0.29) is 11.3 Å². The van der Waals surface area contributed by atoms with E-state index in [1.165, 1.54) is 10.5 Å². The number of amides is 1. The van der Waals surface area contributed by atoms with E-state index in [4.69, 9.17) is 0 Å². The fourth-order valence-electron chi connectivity index (χ4n) is 2.88. The summed E-state index contributed by atoms with van der Waals surface area (Å²) in [4.78, 5) is 25.0. The SMILES string of the molecule is C/C=C(/C)S/C=C(\C)Cn1c(C=O)cc2cc(NC(=O)CC(C)(C)C)ccc21. The number of hydrogen-bond donors (Lipinski definition) is 1. The van der Waals surface area contributed by atoms with Crippen molar-refractivity contribution < 1.29 is 9.59 Å². The first-order chi connectivity index (χ1) is 13.1. The van der Waals surface area contributed by atoms with Crippen LogP contribution in [0.1, 0.15) is 58.5 Å². The standard InChI is InChI=1S/C23H30N2O2S/c1-7-17(3)28-15-16(2)13-25-20(14-26)11-18-10-19(8-9-21(18)25)24-22(27)12-23(4,5)6/h7-11,14-15H,12-13H2,1-6H3,(H,24,27)/b16-15+,17-7-. The Morgan fingerprint density at radius 3 is 2.54 bits per heavy atom. The van der Waals surface area contributed by atoms with Gasteiger partial charge in [0.05, 0.1) is 5.69 Å². The number of fused-ring (bicyclic) bond motifs is 1. The second kappa shape index (κ2) is 9.28. The van der Waals surface area contributed by atoms with E-state index in [0.29, 0.717) is 18.7 Å². The lowest BCUT2D eigenvalue weighted by Gasteiger charge is -2.17. The van der Waals surface area contributed by atoms with Gasteiger partial charge in [0.25, 0.3) is 0 Å². The zero-order valence-electron chi connectivity index (χ0n) is 17.6. The van der Waals surface area contributed by atoms with E-state index in [1.54, 1.807) is 11.8 Å². The first-order valence-electron chi connectivity index (χ1n) is 9.46. The molecule has 0 fully saturated rings. The van der Waals surface area contributed by atoms with Crippen molar-refractivity contribution >= 4 is 40.5 Å². The third kappa shape index (κ3) is 6.13. The van der Waals surface area contributed by atoms with E-state index in [0.717, 1.165) is 22.9 Å². The summed E-state index contributed by atoms with van der Waals surface area (Å²) in [6.45, 7) is 12.9. The molecular weight excluding hydrogens is 368 g/mol. The Morgan fingerprint density at radius 1 is 1.21 bits per heavy atom. The lowest BCUT2D eigenvalue weighted by atomic mass is 9.92. The molecule has 28 heavy (non-hydrogen) atoms. The molecule has 2 rings (SSSR count). The van der Waals surface area contributed by atoms with Crippen molar-refractivity contribution in [3.05, 3.63) is 51.9 Å². The largest absolute Gasteiger partial charge is 0.334 e. The topological polar surface area (TPSA) is 51.1 Å². The molecule has 0 bridgehead atoms. The Bertz CT molecular complexity index is 930. The number of anilines is 1. The average molecular weight is 399 g/mol. The van der Waals surface area contributed by atoms with Crippen LogP contribution < -0.4 is 5.32 Å². The van der Waals surface area contributed by atoms with Gasteiger partial charge in [-0.05, 0) is 66.3 Å². The molecular formula is C23H30N2O2S. The molecule has 4 nitrogen and oxygen atoms in total. The monoisotopic (exact) mass is 398 g/mol. The van der Waals surface area contributed by atoms with E-state index in [9.17, 15) is 9.59 Å². The van der Waals surface area contributed by atoms with Crippen molar-refractivity contribution in [3.63, 3.8) is 0 Å². The molecule has 1 aromatic heterocycles. The van der Waals surface area contributed by atoms with Gasteiger partial charge in [-0.15, -0.1) is 11.8 Å². The number of hydrogen-bond acceptors (Lipinski definition) is 3. The van der Waals surface area contributed by atoms with Crippen LogP contribution in [0.3, 0.4) is 0 Å². The second-order valence-corrected chi connectivity index (χ2v) is 9.43. The number of aldehydes is 1. The minimum atomic E-state index is -0.0601. The molecule has 0 saturated heterocycles. The van der Waals surface area contributed by atoms with Crippen LogP contribution in [0.25, 0.3) is 10.9 Å². The van der Waals surface area contributed by atoms with Crippen molar-refractivity contribution in [2.24, 2.45) is 5.41 Å². The second-order valence-electron chi connectivity index (χ2n) is 8.31. The summed E-state index contributed by atoms with van der Waals surface area (Å²) >= 11 is 1.69. The minimum Gasteiger partial charge on any atom is -0.334 e. The van der Waals surface area contributed by atoms with E-state index < -0.39 is 0 Å². The Morgan fingerprint density at radius 2 is 1.93 bits per heavy atom. The number of thioether (sulfide) groups is 1. The fourth-order valence-corrected chi connectivity index (χ4v) is 3.48. The molecule has 1 amide bonds. The maximum absolute atomic E-state index is 12.2. The van der Waals surface area contributed by atoms with Crippen LogP contribution in [-0.2, 0) is 11.3 Å². The third-order valence-corrected chi connectivity index (χ3v) is 5.42. The van der Waals surface area contributed by atoms with Crippen LogP contribution in [-0.4, -0.2) is 16.8 Å². The predicted octanol–water partition coefficient (Wildman–Crippen LogP) is 6.39. The highest BCUT2D eigenvalue weighted by Gasteiger charge is 2.16. The Kier molecular flexibility index (Phi) is 7.30. The van der Waals surface area contributed by atoms with Crippen LogP contribution >= 0.6 is 11.8 Å². The van der Waals surface area contributed by atoms with Gasteiger partial charge in [0.15, 0.2) is 6.29 Å². The van der Waals surface area contributed by atoms with Gasteiger partial charge in [0.1, 0.15) is 0 Å². The van der Waals surface area contributed by atoms with Crippen molar-refractivity contribution in [3.8, 4) is 0 Å². The highest BCUT2D eigenvalue weighted by molar-refractivity contribution is 8.05. The summed E-state index contributed by atoms with van der Waals surface area (Å²) in [7, 11) is 0. The number of allylic oxidation sites excluding steroid dienone is 3. The number of carbonyl (C=O) groups excluding carboxylic acids is 2. The Balaban J connectivity index is 2.26. The summed E-state index contributed by atoms with van der Waals surface area (Å²) in [6.07, 6.45) is 3.42. The zero-order chi connectivity index (χ0) is 20.9. The quantitative estimate of drug-likeness (QED) is 0.550. The average Bonchev–Trinajstić information content (AvgIpc) is 2.94. The zero-order valence-corrected chi connectivity index (χ0v) is 18.4. The number of benzene rings is 1. The molecule has 2 aromatic rings. The first kappa shape index (κ1) is 22.0. The van der Waals surface area contributed by atoms with Gasteiger partial charge in [0, 0.05) is 29.6 Å². The number of nitrogens with one attached hydrogen (secondary N) is 1. The maximum atomic E-state index is 12.2. The van der Waals surface area contributed by atoms with Gasteiger partial charge in [-0.25, -0.2) is 0 Å². The van der Waals surface area contributed by atoms with Gasteiger partial charge in [0.2, 0.25) is 5.91 Å². The molecule has 0 aliphatic heterocycles. The molecule has 1 N–H and O–H groups in total. The van der Waals surface area contributed by atoms with Crippen LogP contribution in [0.5, 0.6) is 0 Å². The predicted molar refractivity (Wildman–Crippen MR) is 121 cm³/mol. The Labute approximate surface area is 172 Å². The van der Waals surface area contributed by atoms with Crippen molar-refractivity contribution in [1.29, 1.82) is 0 Å². The molecule has 0 atom stereocenters. The number of nitrogens with zero attached hydrogens (tertiary/aromatic N) is 1. The highest BCUT2D eigenvalue weighted by atomic mass is 32.2. The van der Waals surface area contributed by atoms with Crippen LogP contribution in [0.2, 0.25) is 0 Å². The molecule has 0 radical (unpaired) electrons. The summed E-state index contributed by atoms with van der Waals surface area (Å²) in [5.41, 5.74) is 3.48. The molecule has 0 aliphatic carbocycles. The van der Waals surface area contributed by atoms with Gasteiger partial charge < -0.3 is 9.88 Å². The molecule has 1 heterocycles. The fraction of sp³-hybridized carbons (Fsp3) is 0.391. The van der Waals surface area contributed by atoms with Gasteiger partial charge in [-0.3, -0.25) is 9.59 Å². The summed E-state index contributed by atoms with van der Waals surface area (Å²) in [6, 6.07) is 7.66. The number of aromatic nitrogens is 1. The van der Waals surface area contributed by atoms with E-state index in [2.05, 4.69) is 30.6 Å². The van der Waals surface area contributed by atoms with Gasteiger partial charge in [-0.2, -0.15) is 0 Å². The maximum Gasteiger partial charge on any atom is 0.224 e. The van der Waals surface area contributed by atoms with Gasteiger partial charge >= 0.3 is 0 Å². The summed E-state index contributed by atoms with van der Waals surface area (Å²) < 4.78 is 2.01. The molecule has 0 saturated carbocycles. The number of carbonyl (C=O) groups is 2. The summed E-state index contributed by atoms with van der Waals surface area (Å²) in [5.74, 6) is -0.00274. The first-order valence-corrected chi connectivity index (χ1v) is 10.3.